The van der Waals surface area contributed by atoms with E-state index in [2.05, 4.69) is 24.3 Å². The van der Waals surface area contributed by atoms with E-state index in [1.807, 2.05) is 0 Å². The fourth-order valence-corrected chi connectivity index (χ4v) is 3.17. The topological polar surface area (TPSA) is 17.1 Å². The maximum atomic E-state index is 11.4. The lowest BCUT2D eigenvalue weighted by Crippen LogP contribution is -2.31. The van der Waals surface area contributed by atoms with Crippen molar-refractivity contribution in [2.75, 3.05) is 0 Å². The van der Waals surface area contributed by atoms with Gasteiger partial charge < -0.3 is 0 Å². The first kappa shape index (κ1) is 9.14. The summed E-state index contributed by atoms with van der Waals surface area (Å²) in [4.78, 5) is 11.4. The minimum absolute atomic E-state index is 0.482. The van der Waals surface area contributed by atoms with E-state index in [0.717, 1.165) is 31.6 Å². The molecule has 0 spiro atoms. The second-order valence-electron chi connectivity index (χ2n) is 4.98. The van der Waals surface area contributed by atoms with Gasteiger partial charge in [0.1, 0.15) is 5.78 Å². The Bertz CT molecular complexity index is 394. The summed E-state index contributed by atoms with van der Waals surface area (Å²) >= 11 is 0. The van der Waals surface area contributed by atoms with Gasteiger partial charge in [0.25, 0.3) is 0 Å². The van der Waals surface area contributed by atoms with Gasteiger partial charge in [-0.25, -0.2) is 0 Å². The molecule has 1 saturated carbocycles. The molecule has 2 unspecified atom stereocenters. The first-order chi connectivity index (χ1) is 7.33. The summed E-state index contributed by atoms with van der Waals surface area (Å²) in [6.07, 6.45) is 5.11. The fourth-order valence-electron chi connectivity index (χ4n) is 3.17. The molecular weight excluding hydrogens is 184 g/mol. The molecule has 0 aliphatic heterocycles. The van der Waals surface area contributed by atoms with Crippen molar-refractivity contribution in [3.05, 3.63) is 35.4 Å². The summed E-state index contributed by atoms with van der Waals surface area (Å²) in [7, 11) is 0. The van der Waals surface area contributed by atoms with Crippen LogP contribution in [0.2, 0.25) is 0 Å². The van der Waals surface area contributed by atoms with E-state index in [0.29, 0.717) is 11.7 Å². The lowest BCUT2D eigenvalue weighted by Gasteiger charge is -2.35. The zero-order valence-electron chi connectivity index (χ0n) is 8.91. The third kappa shape index (κ3) is 1.60. The molecule has 3 rings (SSSR count). The largest absolute Gasteiger partial charge is 0.300 e. The molecule has 2 atom stereocenters. The van der Waals surface area contributed by atoms with Gasteiger partial charge in [-0.3, -0.25) is 4.79 Å². The number of carbonyl (C=O) groups is 1. The second kappa shape index (κ2) is 3.48. The standard InChI is InChI=1S/C14H16O/c15-14-6-5-12-7-10-3-1-2-4-11(10)8-13(12)9-14/h1-4,12-13H,5-9H2. The van der Waals surface area contributed by atoms with Crippen molar-refractivity contribution >= 4 is 5.78 Å². The summed E-state index contributed by atoms with van der Waals surface area (Å²) < 4.78 is 0. The molecule has 2 aliphatic rings. The fraction of sp³-hybridized carbons (Fsp3) is 0.500. The molecule has 1 heteroatoms. The van der Waals surface area contributed by atoms with Gasteiger partial charge >= 0.3 is 0 Å². The van der Waals surface area contributed by atoms with Crippen molar-refractivity contribution in [2.45, 2.75) is 32.1 Å². The smallest absolute Gasteiger partial charge is 0.133 e. The van der Waals surface area contributed by atoms with Crippen LogP contribution in [-0.2, 0) is 17.6 Å². The quantitative estimate of drug-likeness (QED) is 0.629. The Labute approximate surface area is 90.5 Å². The van der Waals surface area contributed by atoms with Crippen LogP contribution >= 0.6 is 0 Å². The summed E-state index contributed by atoms with van der Waals surface area (Å²) in [5.41, 5.74) is 3.00. The monoisotopic (exact) mass is 200 g/mol. The van der Waals surface area contributed by atoms with E-state index in [-0.39, 0.29) is 0 Å². The Morgan fingerprint density at radius 1 is 0.933 bits per heavy atom. The third-order valence-electron chi connectivity index (χ3n) is 4.03. The number of hydrogen-bond donors (Lipinski definition) is 0. The van der Waals surface area contributed by atoms with Gasteiger partial charge in [-0.15, -0.1) is 0 Å². The van der Waals surface area contributed by atoms with Crippen molar-refractivity contribution in [2.24, 2.45) is 11.8 Å². The SMILES string of the molecule is O=C1CCC2Cc3ccccc3CC2C1. The van der Waals surface area contributed by atoms with Crippen LogP contribution < -0.4 is 0 Å². The van der Waals surface area contributed by atoms with Crippen LogP contribution in [0.4, 0.5) is 0 Å². The van der Waals surface area contributed by atoms with Gasteiger partial charge in [0, 0.05) is 12.8 Å². The summed E-state index contributed by atoms with van der Waals surface area (Å²) in [5.74, 6) is 1.90. The first-order valence-electron chi connectivity index (χ1n) is 5.91. The molecule has 1 fully saturated rings. The molecule has 0 bridgehead atoms. The minimum Gasteiger partial charge on any atom is -0.300 e. The Hall–Kier alpha value is -1.11. The highest BCUT2D eigenvalue weighted by Crippen LogP contribution is 2.38. The molecule has 15 heavy (non-hydrogen) atoms. The maximum Gasteiger partial charge on any atom is 0.133 e. The normalized spacial score (nSPS) is 29.5. The van der Waals surface area contributed by atoms with Gasteiger partial charge in [-0.1, -0.05) is 24.3 Å². The number of fused-ring (bicyclic) bond motifs is 2. The van der Waals surface area contributed by atoms with Crippen LogP contribution in [0, 0.1) is 11.8 Å². The molecule has 1 aromatic carbocycles. The summed E-state index contributed by atoms with van der Waals surface area (Å²) in [6.45, 7) is 0. The van der Waals surface area contributed by atoms with Crippen LogP contribution in [0.3, 0.4) is 0 Å². The van der Waals surface area contributed by atoms with E-state index in [9.17, 15) is 4.79 Å². The van der Waals surface area contributed by atoms with E-state index in [1.54, 1.807) is 0 Å². The number of rotatable bonds is 0. The molecule has 0 saturated heterocycles. The zero-order chi connectivity index (χ0) is 10.3. The van der Waals surface area contributed by atoms with Crippen molar-refractivity contribution in [1.29, 1.82) is 0 Å². The van der Waals surface area contributed by atoms with Crippen molar-refractivity contribution in [3.8, 4) is 0 Å². The maximum absolute atomic E-state index is 11.4. The molecule has 0 aromatic heterocycles. The summed E-state index contributed by atoms with van der Waals surface area (Å²) in [6, 6.07) is 8.73. The predicted molar refractivity (Wildman–Crippen MR) is 59.7 cm³/mol. The van der Waals surface area contributed by atoms with Crippen LogP contribution in [0.25, 0.3) is 0 Å². The highest BCUT2D eigenvalue weighted by molar-refractivity contribution is 5.79. The van der Waals surface area contributed by atoms with E-state index < -0.39 is 0 Å². The number of benzene rings is 1. The second-order valence-corrected chi connectivity index (χ2v) is 4.98. The molecule has 0 radical (unpaired) electrons. The van der Waals surface area contributed by atoms with Crippen LogP contribution in [0.5, 0.6) is 0 Å². The highest BCUT2D eigenvalue weighted by Gasteiger charge is 2.33. The van der Waals surface area contributed by atoms with E-state index in [4.69, 9.17) is 0 Å². The number of Topliss-reactive ketones (excluding diaryl/α,β-unsaturated/α-hetero) is 1. The molecule has 1 nitrogen and oxygen atoms in total. The third-order valence-corrected chi connectivity index (χ3v) is 4.03. The predicted octanol–water partition coefficient (Wildman–Crippen LogP) is 2.77. The summed E-state index contributed by atoms with van der Waals surface area (Å²) in [5, 5.41) is 0. The van der Waals surface area contributed by atoms with Crippen LogP contribution in [0.1, 0.15) is 30.4 Å². The molecule has 0 amide bonds. The van der Waals surface area contributed by atoms with Gasteiger partial charge in [0.2, 0.25) is 0 Å². The Morgan fingerprint density at radius 3 is 2.33 bits per heavy atom. The lowest BCUT2D eigenvalue weighted by atomic mass is 9.68. The van der Waals surface area contributed by atoms with Crippen molar-refractivity contribution < 1.29 is 4.79 Å². The Balaban J connectivity index is 1.90. The molecule has 0 heterocycles. The molecule has 0 N–H and O–H groups in total. The average molecular weight is 200 g/mol. The first-order valence-corrected chi connectivity index (χ1v) is 5.91. The molecular formula is C14H16O. The van der Waals surface area contributed by atoms with Crippen molar-refractivity contribution in [3.63, 3.8) is 0 Å². The van der Waals surface area contributed by atoms with Gasteiger partial charge in [-0.05, 0) is 42.2 Å². The highest BCUT2D eigenvalue weighted by atomic mass is 16.1. The number of hydrogen-bond acceptors (Lipinski definition) is 1. The molecule has 1 aromatic rings. The van der Waals surface area contributed by atoms with Crippen LogP contribution in [0.15, 0.2) is 24.3 Å². The number of ketones is 1. The minimum atomic E-state index is 0.482. The van der Waals surface area contributed by atoms with Gasteiger partial charge in [0.05, 0.1) is 0 Å². The van der Waals surface area contributed by atoms with Crippen molar-refractivity contribution in [1.82, 2.24) is 0 Å². The molecule has 2 aliphatic carbocycles. The Morgan fingerprint density at radius 2 is 1.60 bits per heavy atom. The number of carbonyl (C=O) groups excluding carboxylic acids is 1. The van der Waals surface area contributed by atoms with E-state index >= 15 is 0 Å². The Kier molecular flexibility index (Phi) is 2.12. The zero-order valence-corrected chi connectivity index (χ0v) is 8.91. The molecule has 78 valence electrons. The average Bonchev–Trinajstić information content (AvgIpc) is 2.26. The van der Waals surface area contributed by atoms with E-state index in [1.165, 1.54) is 17.5 Å². The lowest BCUT2D eigenvalue weighted by molar-refractivity contribution is -0.122. The van der Waals surface area contributed by atoms with Gasteiger partial charge in [0.15, 0.2) is 0 Å². The van der Waals surface area contributed by atoms with Crippen LogP contribution in [-0.4, -0.2) is 5.78 Å². The van der Waals surface area contributed by atoms with Gasteiger partial charge in [-0.2, -0.15) is 0 Å².